The van der Waals surface area contributed by atoms with Gasteiger partial charge in [0.1, 0.15) is 18.1 Å². The van der Waals surface area contributed by atoms with Gasteiger partial charge in [0.05, 0.1) is 18.4 Å². The third kappa shape index (κ3) is 4.12. The summed E-state index contributed by atoms with van der Waals surface area (Å²) in [5, 5.41) is 4.58. The van der Waals surface area contributed by atoms with Crippen LogP contribution in [0.2, 0.25) is 0 Å². The quantitative estimate of drug-likeness (QED) is 0.612. The molecule has 7 heteroatoms. The minimum Gasteiger partial charge on any atom is -0.496 e. The molecule has 1 aliphatic heterocycles. The van der Waals surface area contributed by atoms with E-state index in [4.69, 9.17) is 9.47 Å². The van der Waals surface area contributed by atoms with Gasteiger partial charge in [0.25, 0.3) is 0 Å². The molecule has 0 spiro atoms. The van der Waals surface area contributed by atoms with Crippen molar-refractivity contribution in [3.8, 4) is 22.6 Å². The van der Waals surface area contributed by atoms with E-state index in [9.17, 15) is 4.79 Å². The molecule has 0 saturated carbocycles. The number of aryl methyl sites for hydroxylation is 2. The number of amides is 2. The van der Waals surface area contributed by atoms with Gasteiger partial charge in [0, 0.05) is 14.1 Å². The third-order valence-corrected chi connectivity index (χ3v) is 5.63. The molecular weight excluding hydrogens is 404 g/mol. The fourth-order valence-electron chi connectivity index (χ4n) is 3.75. The lowest BCUT2D eigenvalue weighted by molar-refractivity contribution is 0.0652. The zero-order valence-corrected chi connectivity index (χ0v) is 19.0. The van der Waals surface area contributed by atoms with Crippen LogP contribution >= 0.6 is 0 Å². The van der Waals surface area contributed by atoms with Gasteiger partial charge in [-0.2, -0.15) is 0 Å². The molecule has 7 nitrogen and oxygen atoms in total. The second kappa shape index (κ2) is 8.90. The molecule has 1 N–H and O–H groups in total. The molecule has 3 aromatic carbocycles. The maximum atomic E-state index is 12.7. The molecule has 0 unspecified atom stereocenters. The summed E-state index contributed by atoms with van der Waals surface area (Å²) in [5.74, 6) is 1.44. The van der Waals surface area contributed by atoms with Crippen LogP contribution in [0.15, 0.2) is 60.7 Å². The molecule has 1 aliphatic rings. The minimum absolute atomic E-state index is 0.194. The van der Waals surface area contributed by atoms with Gasteiger partial charge in [0.15, 0.2) is 0 Å². The van der Waals surface area contributed by atoms with Crippen LogP contribution in [0, 0.1) is 13.8 Å². The van der Waals surface area contributed by atoms with Crippen LogP contribution in [0.5, 0.6) is 11.5 Å². The molecule has 1 heterocycles. The number of hydrogen-bond donors (Lipinski definition) is 1. The van der Waals surface area contributed by atoms with Crippen LogP contribution in [-0.4, -0.2) is 37.4 Å². The Morgan fingerprint density at radius 1 is 0.906 bits per heavy atom. The molecule has 0 aliphatic carbocycles. The van der Waals surface area contributed by atoms with Gasteiger partial charge in [-0.1, -0.05) is 42.0 Å². The Kier molecular flexibility index (Phi) is 6.03. The van der Waals surface area contributed by atoms with E-state index in [-0.39, 0.29) is 12.6 Å². The van der Waals surface area contributed by atoms with Gasteiger partial charge in [-0.3, -0.25) is 0 Å². The molecule has 0 radical (unpaired) electrons. The summed E-state index contributed by atoms with van der Waals surface area (Å²) < 4.78 is 11.8. The lowest BCUT2D eigenvalue weighted by Gasteiger charge is -2.21. The number of hydrogen-bond acceptors (Lipinski definition) is 5. The molecule has 2 amide bonds. The first-order valence-corrected chi connectivity index (χ1v) is 10.4. The number of benzene rings is 3. The van der Waals surface area contributed by atoms with Crippen molar-refractivity contribution in [3.63, 3.8) is 0 Å². The smallest absolute Gasteiger partial charge is 0.355 e. The number of nitrogens with one attached hydrogen (secondary N) is 1. The van der Waals surface area contributed by atoms with Gasteiger partial charge in [0.2, 0.25) is 0 Å². The van der Waals surface area contributed by atoms with Crippen molar-refractivity contribution in [2.24, 2.45) is 0 Å². The Morgan fingerprint density at radius 3 is 2.31 bits per heavy atom. The predicted octanol–water partition coefficient (Wildman–Crippen LogP) is 4.70. The van der Waals surface area contributed by atoms with Gasteiger partial charge in [-0.25, -0.2) is 14.8 Å². The maximum Gasteiger partial charge on any atom is 0.355 e. The highest BCUT2D eigenvalue weighted by atomic mass is 16.5. The van der Waals surface area contributed by atoms with Crippen molar-refractivity contribution in [1.82, 2.24) is 15.7 Å². The number of urea groups is 1. The van der Waals surface area contributed by atoms with E-state index in [1.807, 2.05) is 31.2 Å². The summed E-state index contributed by atoms with van der Waals surface area (Å²) in [7, 11) is 5.08. The zero-order valence-electron chi connectivity index (χ0n) is 19.0. The topological polar surface area (TPSA) is 57.3 Å². The minimum atomic E-state index is -0.194. The third-order valence-electron chi connectivity index (χ3n) is 5.63. The molecule has 32 heavy (non-hydrogen) atoms. The average molecular weight is 433 g/mol. The second-order valence-corrected chi connectivity index (χ2v) is 7.86. The fraction of sp³-hybridized carbons (Fsp3) is 0.240. The van der Waals surface area contributed by atoms with Crippen LogP contribution in [0.25, 0.3) is 11.1 Å². The average Bonchev–Trinajstić information content (AvgIpc) is 3.05. The summed E-state index contributed by atoms with van der Waals surface area (Å²) in [6.07, 6.45) is 0. The summed E-state index contributed by atoms with van der Waals surface area (Å²) in [6.45, 7) is 4.38. The number of nitrogens with zero attached hydrogens (tertiary/aromatic N) is 3. The zero-order chi connectivity index (χ0) is 22.8. The van der Waals surface area contributed by atoms with E-state index in [1.165, 1.54) is 21.1 Å². The summed E-state index contributed by atoms with van der Waals surface area (Å²) in [4.78, 5) is 12.7. The van der Waals surface area contributed by atoms with Crippen molar-refractivity contribution in [3.05, 3.63) is 77.4 Å². The largest absolute Gasteiger partial charge is 0.496 e. The van der Waals surface area contributed by atoms with Crippen LogP contribution in [0.4, 0.5) is 10.5 Å². The molecule has 3 aromatic rings. The molecule has 166 valence electrons. The van der Waals surface area contributed by atoms with Crippen molar-refractivity contribution >= 4 is 11.7 Å². The van der Waals surface area contributed by atoms with Crippen molar-refractivity contribution in [1.29, 1.82) is 0 Å². The Morgan fingerprint density at radius 2 is 1.66 bits per heavy atom. The summed E-state index contributed by atoms with van der Waals surface area (Å²) >= 11 is 0. The van der Waals surface area contributed by atoms with Crippen LogP contribution < -0.4 is 20.0 Å². The number of carbonyl (C=O) groups is 1. The van der Waals surface area contributed by atoms with E-state index in [0.29, 0.717) is 11.4 Å². The van der Waals surface area contributed by atoms with E-state index in [2.05, 4.69) is 48.9 Å². The number of methoxy groups -OCH3 is 1. The standard InChI is InChI=1S/C25H28N4O3/c1-17-8-6-9-19(14-17)20-12-13-23(18(2)15-20)32-16-21-22(10-7-11-24(21)31-5)29-25(30)27(3)28(4)26-29/h6-15,26H,16H2,1-5H3. The van der Waals surface area contributed by atoms with Gasteiger partial charge in [-0.05, 0) is 54.8 Å². The number of anilines is 1. The first-order chi connectivity index (χ1) is 15.4. The Balaban J connectivity index is 1.59. The Labute approximate surface area is 188 Å². The molecule has 1 fully saturated rings. The summed E-state index contributed by atoms with van der Waals surface area (Å²) in [6, 6.07) is 20.0. The number of carbonyl (C=O) groups excluding carboxylic acids is 1. The molecule has 0 aromatic heterocycles. The summed E-state index contributed by atoms with van der Waals surface area (Å²) in [5.41, 5.74) is 9.08. The second-order valence-electron chi connectivity index (χ2n) is 7.86. The monoisotopic (exact) mass is 432 g/mol. The van der Waals surface area contributed by atoms with E-state index in [1.54, 1.807) is 26.3 Å². The highest BCUT2D eigenvalue weighted by Crippen LogP contribution is 2.33. The Hall–Kier alpha value is -3.55. The first-order valence-electron chi connectivity index (χ1n) is 10.4. The normalized spacial score (nSPS) is 14.2. The van der Waals surface area contributed by atoms with Crippen molar-refractivity contribution < 1.29 is 14.3 Å². The molecular formula is C25H28N4O3. The molecule has 1 saturated heterocycles. The van der Waals surface area contributed by atoms with Crippen LogP contribution in [0.1, 0.15) is 16.7 Å². The predicted molar refractivity (Wildman–Crippen MR) is 125 cm³/mol. The highest BCUT2D eigenvalue weighted by molar-refractivity contribution is 5.93. The molecule has 0 atom stereocenters. The van der Waals surface area contributed by atoms with Gasteiger partial charge in [-0.15, -0.1) is 10.7 Å². The van der Waals surface area contributed by atoms with E-state index < -0.39 is 0 Å². The number of hydrazine groups is 3. The van der Waals surface area contributed by atoms with E-state index >= 15 is 0 Å². The van der Waals surface area contributed by atoms with Gasteiger partial charge >= 0.3 is 6.03 Å². The Bertz CT molecular complexity index is 1150. The maximum absolute atomic E-state index is 12.7. The van der Waals surface area contributed by atoms with Crippen LogP contribution in [-0.2, 0) is 6.61 Å². The van der Waals surface area contributed by atoms with Crippen molar-refractivity contribution in [2.75, 3.05) is 26.2 Å². The SMILES string of the molecule is COc1cccc(N2NN(C)N(C)C2=O)c1COc1ccc(-c2cccc(C)c2)cc1C. The number of ether oxygens (including phenoxy) is 2. The van der Waals surface area contributed by atoms with E-state index in [0.717, 1.165) is 22.4 Å². The lowest BCUT2D eigenvalue weighted by Crippen LogP contribution is -2.39. The molecule has 0 bridgehead atoms. The van der Waals surface area contributed by atoms with Crippen LogP contribution in [0.3, 0.4) is 0 Å². The fourth-order valence-corrected chi connectivity index (χ4v) is 3.75. The number of rotatable bonds is 6. The van der Waals surface area contributed by atoms with Crippen molar-refractivity contribution in [2.45, 2.75) is 20.5 Å². The molecule has 4 rings (SSSR count). The first kappa shape index (κ1) is 21.7. The van der Waals surface area contributed by atoms with Gasteiger partial charge < -0.3 is 9.47 Å². The highest BCUT2D eigenvalue weighted by Gasteiger charge is 2.33. The lowest BCUT2D eigenvalue weighted by atomic mass is 10.0.